The molecule has 4 rings (SSSR count). The number of imide groups is 1. The average Bonchev–Trinajstić information content (AvgIpc) is 2.94. The van der Waals surface area contributed by atoms with Gasteiger partial charge >= 0.3 is 0 Å². The van der Waals surface area contributed by atoms with Gasteiger partial charge in [0, 0.05) is 12.2 Å². The highest BCUT2D eigenvalue weighted by atomic mass is 16.2. The molecule has 0 unspecified atom stereocenters. The average molecular weight is 344 g/mol. The fraction of sp³-hybridized carbons (Fsp3) is 0.182. The lowest BCUT2D eigenvalue weighted by atomic mass is 10.1. The van der Waals surface area contributed by atoms with Crippen LogP contribution in [0.25, 0.3) is 10.8 Å². The summed E-state index contributed by atoms with van der Waals surface area (Å²) in [7, 11) is 0. The molecule has 0 spiro atoms. The number of fused-ring (bicyclic) bond motifs is 1. The number of carbonyl (C=O) groups excluding carboxylic acids is 2. The Bertz CT molecular complexity index is 953. The van der Waals surface area contributed by atoms with Gasteiger partial charge in [0.15, 0.2) is 0 Å². The van der Waals surface area contributed by atoms with Crippen molar-refractivity contribution < 1.29 is 9.59 Å². The maximum absolute atomic E-state index is 12.6. The van der Waals surface area contributed by atoms with Crippen LogP contribution in [0, 0.1) is 0 Å². The molecule has 4 nitrogen and oxygen atoms in total. The van der Waals surface area contributed by atoms with Gasteiger partial charge in [-0.15, -0.1) is 0 Å². The summed E-state index contributed by atoms with van der Waals surface area (Å²) in [6.45, 7) is 0.428. The lowest BCUT2D eigenvalue weighted by Crippen LogP contribution is -2.36. The van der Waals surface area contributed by atoms with E-state index in [9.17, 15) is 9.59 Å². The van der Waals surface area contributed by atoms with Gasteiger partial charge in [0.1, 0.15) is 6.04 Å². The van der Waals surface area contributed by atoms with Crippen LogP contribution in [-0.4, -0.2) is 29.3 Å². The van der Waals surface area contributed by atoms with E-state index in [0.717, 1.165) is 22.0 Å². The number of benzene rings is 3. The summed E-state index contributed by atoms with van der Waals surface area (Å²) in [4.78, 5) is 26.3. The SMILES string of the molecule is O=C1C[C@@H](Nc2ccc3ccccc3c2)C(=O)N1CCc1ccccc1. The first kappa shape index (κ1) is 16.3. The fourth-order valence-corrected chi connectivity index (χ4v) is 3.40. The van der Waals surface area contributed by atoms with E-state index in [4.69, 9.17) is 0 Å². The minimum atomic E-state index is -0.487. The smallest absolute Gasteiger partial charge is 0.252 e. The van der Waals surface area contributed by atoms with Gasteiger partial charge in [-0.25, -0.2) is 0 Å². The minimum Gasteiger partial charge on any atom is -0.373 e. The van der Waals surface area contributed by atoms with Crippen molar-refractivity contribution in [1.82, 2.24) is 4.90 Å². The number of hydrogen-bond donors (Lipinski definition) is 1. The number of nitrogens with zero attached hydrogens (tertiary/aromatic N) is 1. The van der Waals surface area contributed by atoms with Crippen molar-refractivity contribution in [2.24, 2.45) is 0 Å². The van der Waals surface area contributed by atoms with Crippen molar-refractivity contribution in [3.05, 3.63) is 78.4 Å². The molecule has 0 bridgehead atoms. The van der Waals surface area contributed by atoms with E-state index in [0.29, 0.717) is 13.0 Å². The molecular formula is C22H20N2O2. The van der Waals surface area contributed by atoms with E-state index in [-0.39, 0.29) is 18.2 Å². The molecule has 0 aromatic heterocycles. The summed E-state index contributed by atoms with van der Waals surface area (Å²) in [6, 6.07) is 23.5. The maximum Gasteiger partial charge on any atom is 0.252 e. The number of anilines is 1. The third-order valence-corrected chi connectivity index (χ3v) is 4.80. The molecule has 1 saturated heterocycles. The second kappa shape index (κ2) is 7.00. The standard InChI is InChI=1S/C22H20N2O2/c25-21-15-20(22(26)24(21)13-12-16-6-2-1-3-7-16)23-19-11-10-17-8-4-5-9-18(17)14-19/h1-11,14,20,23H,12-13,15H2/t20-/m1/s1. The Morgan fingerprint density at radius 3 is 2.42 bits per heavy atom. The van der Waals surface area contributed by atoms with E-state index in [2.05, 4.69) is 11.4 Å². The van der Waals surface area contributed by atoms with Crippen molar-refractivity contribution in [2.45, 2.75) is 18.9 Å². The van der Waals surface area contributed by atoms with Gasteiger partial charge in [-0.05, 0) is 34.9 Å². The molecule has 1 N–H and O–H groups in total. The number of nitrogens with one attached hydrogen (secondary N) is 1. The van der Waals surface area contributed by atoms with E-state index >= 15 is 0 Å². The van der Waals surface area contributed by atoms with Crippen LogP contribution in [0.3, 0.4) is 0 Å². The normalized spacial score (nSPS) is 17.1. The van der Waals surface area contributed by atoms with Gasteiger partial charge in [0.2, 0.25) is 5.91 Å². The highest BCUT2D eigenvalue weighted by Crippen LogP contribution is 2.23. The van der Waals surface area contributed by atoms with Gasteiger partial charge in [0.25, 0.3) is 5.91 Å². The molecule has 2 amide bonds. The largest absolute Gasteiger partial charge is 0.373 e. The zero-order valence-corrected chi connectivity index (χ0v) is 14.4. The molecule has 0 saturated carbocycles. The van der Waals surface area contributed by atoms with Crippen molar-refractivity contribution in [1.29, 1.82) is 0 Å². The first-order chi connectivity index (χ1) is 12.7. The molecule has 0 radical (unpaired) electrons. The van der Waals surface area contributed by atoms with Crippen LogP contribution in [0.4, 0.5) is 5.69 Å². The van der Waals surface area contributed by atoms with E-state index in [1.54, 1.807) is 0 Å². The first-order valence-electron chi connectivity index (χ1n) is 8.84. The summed E-state index contributed by atoms with van der Waals surface area (Å²) in [5, 5.41) is 5.49. The van der Waals surface area contributed by atoms with Gasteiger partial charge in [-0.1, -0.05) is 60.7 Å². The number of hydrogen-bond acceptors (Lipinski definition) is 3. The Labute approximate surface area is 152 Å². The lowest BCUT2D eigenvalue weighted by molar-refractivity contribution is -0.138. The van der Waals surface area contributed by atoms with Crippen molar-refractivity contribution >= 4 is 28.3 Å². The number of carbonyl (C=O) groups is 2. The van der Waals surface area contributed by atoms with Crippen LogP contribution in [0.15, 0.2) is 72.8 Å². The molecule has 3 aromatic carbocycles. The molecule has 0 aliphatic carbocycles. The number of likely N-dealkylation sites (tertiary alicyclic amines) is 1. The zero-order chi connectivity index (χ0) is 17.9. The van der Waals surface area contributed by atoms with Crippen LogP contribution in [0.2, 0.25) is 0 Å². The van der Waals surface area contributed by atoms with Gasteiger partial charge in [-0.3, -0.25) is 14.5 Å². The monoisotopic (exact) mass is 344 g/mol. The summed E-state index contributed by atoms with van der Waals surface area (Å²) in [5.74, 6) is -0.247. The molecule has 3 aromatic rings. The molecule has 1 aliphatic heterocycles. The van der Waals surface area contributed by atoms with E-state index < -0.39 is 6.04 Å². The summed E-state index contributed by atoms with van der Waals surface area (Å²) < 4.78 is 0. The van der Waals surface area contributed by atoms with Gasteiger partial charge in [-0.2, -0.15) is 0 Å². The number of rotatable bonds is 5. The minimum absolute atomic E-state index is 0.107. The van der Waals surface area contributed by atoms with Crippen LogP contribution in [0.1, 0.15) is 12.0 Å². The number of amides is 2. The third kappa shape index (κ3) is 3.31. The Balaban J connectivity index is 1.44. The fourth-order valence-electron chi connectivity index (χ4n) is 3.40. The second-order valence-electron chi connectivity index (χ2n) is 6.58. The second-order valence-corrected chi connectivity index (χ2v) is 6.58. The molecule has 1 atom stereocenters. The highest BCUT2D eigenvalue weighted by Gasteiger charge is 2.38. The van der Waals surface area contributed by atoms with Gasteiger partial charge < -0.3 is 5.32 Å². The maximum atomic E-state index is 12.6. The van der Waals surface area contributed by atoms with Crippen molar-refractivity contribution in [3.63, 3.8) is 0 Å². The van der Waals surface area contributed by atoms with Crippen LogP contribution in [-0.2, 0) is 16.0 Å². The molecule has 130 valence electrons. The molecular weight excluding hydrogens is 324 g/mol. The van der Waals surface area contributed by atoms with E-state index in [1.165, 1.54) is 4.90 Å². The quantitative estimate of drug-likeness (QED) is 0.719. The Kier molecular flexibility index (Phi) is 4.40. The van der Waals surface area contributed by atoms with E-state index in [1.807, 2.05) is 66.7 Å². The Morgan fingerprint density at radius 2 is 1.62 bits per heavy atom. The Morgan fingerprint density at radius 1 is 0.885 bits per heavy atom. The third-order valence-electron chi connectivity index (χ3n) is 4.80. The molecule has 4 heteroatoms. The summed E-state index contributed by atoms with van der Waals surface area (Å²) in [6.07, 6.45) is 0.890. The van der Waals surface area contributed by atoms with Crippen LogP contribution < -0.4 is 5.32 Å². The van der Waals surface area contributed by atoms with Crippen LogP contribution in [0.5, 0.6) is 0 Å². The predicted octanol–water partition coefficient (Wildman–Crippen LogP) is 3.62. The van der Waals surface area contributed by atoms with Gasteiger partial charge in [0.05, 0.1) is 6.42 Å². The predicted molar refractivity (Wildman–Crippen MR) is 103 cm³/mol. The van der Waals surface area contributed by atoms with Crippen molar-refractivity contribution in [3.8, 4) is 0 Å². The Hall–Kier alpha value is -3.14. The molecule has 1 heterocycles. The molecule has 1 aliphatic rings. The van der Waals surface area contributed by atoms with Crippen LogP contribution >= 0.6 is 0 Å². The first-order valence-corrected chi connectivity index (χ1v) is 8.84. The molecule has 1 fully saturated rings. The lowest BCUT2D eigenvalue weighted by Gasteiger charge is -2.16. The topological polar surface area (TPSA) is 49.4 Å². The summed E-state index contributed by atoms with van der Waals surface area (Å²) >= 11 is 0. The summed E-state index contributed by atoms with van der Waals surface area (Å²) in [5.41, 5.74) is 1.98. The molecule has 26 heavy (non-hydrogen) atoms. The zero-order valence-electron chi connectivity index (χ0n) is 14.4. The van der Waals surface area contributed by atoms with Crippen molar-refractivity contribution in [2.75, 3.05) is 11.9 Å². The highest BCUT2D eigenvalue weighted by molar-refractivity contribution is 6.07.